The van der Waals surface area contributed by atoms with Crippen molar-refractivity contribution in [2.24, 2.45) is 10.9 Å². The molecule has 2 aromatic rings. The van der Waals surface area contributed by atoms with Crippen LogP contribution in [0.1, 0.15) is 17.2 Å². The van der Waals surface area contributed by atoms with Gasteiger partial charge in [0.1, 0.15) is 17.2 Å². The quantitative estimate of drug-likeness (QED) is 0.343. The Bertz CT molecular complexity index is 770. The van der Waals surface area contributed by atoms with Crippen LogP contribution in [0.25, 0.3) is 0 Å². The number of ether oxygens (including phenoxy) is 2. The van der Waals surface area contributed by atoms with Crippen molar-refractivity contribution in [1.82, 2.24) is 0 Å². The molecular formula is C17H19N3O5. The summed E-state index contributed by atoms with van der Waals surface area (Å²) >= 11 is 0. The molecule has 25 heavy (non-hydrogen) atoms. The molecule has 0 aliphatic rings. The van der Waals surface area contributed by atoms with Crippen LogP contribution in [-0.2, 0) is 4.79 Å². The lowest BCUT2D eigenvalue weighted by Crippen LogP contribution is -2.20. The molecule has 0 aromatic heterocycles. The summed E-state index contributed by atoms with van der Waals surface area (Å²) in [7, 11) is 2.97. The SMILES string of the molecule is COc1cc(OC)cc(C(Nc2ccc(C=NN)c(O)c2)C(=O)O)c1. The number of nitrogens with zero attached hydrogens (tertiary/aromatic N) is 1. The highest BCUT2D eigenvalue weighted by Gasteiger charge is 2.22. The molecule has 0 heterocycles. The van der Waals surface area contributed by atoms with Gasteiger partial charge in [0.25, 0.3) is 0 Å². The highest BCUT2D eigenvalue weighted by molar-refractivity contribution is 5.85. The van der Waals surface area contributed by atoms with E-state index >= 15 is 0 Å². The van der Waals surface area contributed by atoms with Crippen molar-refractivity contribution < 1.29 is 24.5 Å². The molecule has 0 fully saturated rings. The fourth-order valence-electron chi connectivity index (χ4n) is 2.27. The molecule has 0 aliphatic carbocycles. The summed E-state index contributed by atoms with van der Waals surface area (Å²) in [6, 6.07) is 8.35. The van der Waals surface area contributed by atoms with Crippen molar-refractivity contribution in [3.8, 4) is 17.2 Å². The van der Waals surface area contributed by atoms with Crippen LogP contribution in [0.2, 0.25) is 0 Å². The fraction of sp³-hybridized carbons (Fsp3) is 0.176. The molecule has 0 saturated heterocycles. The van der Waals surface area contributed by atoms with Crippen molar-refractivity contribution in [1.29, 1.82) is 0 Å². The molecule has 132 valence electrons. The van der Waals surface area contributed by atoms with Gasteiger partial charge in [-0.15, -0.1) is 0 Å². The van der Waals surface area contributed by atoms with Gasteiger partial charge in [-0.3, -0.25) is 0 Å². The number of benzene rings is 2. The molecule has 0 spiro atoms. The summed E-state index contributed by atoms with van der Waals surface area (Å²) in [5.74, 6) is 4.83. The average molecular weight is 345 g/mol. The Morgan fingerprint density at radius 3 is 2.32 bits per heavy atom. The summed E-state index contributed by atoms with van der Waals surface area (Å²) in [6.07, 6.45) is 1.29. The topological polar surface area (TPSA) is 126 Å². The first kappa shape index (κ1) is 17.9. The second-order valence-electron chi connectivity index (χ2n) is 5.11. The van der Waals surface area contributed by atoms with Gasteiger partial charge in [0.2, 0.25) is 0 Å². The van der Waals surface area contributed by atoms with Gasteiger partial charge in [0, 0.05) is 23.4 Å². The standard InChI is InChI=1S/C17H19N3O5/c1-24-13-5-11(6-14(8-13)25-2)16(17(22)23)20-12-4-3-10(9-19-18)15(21)7-12/h3-9,16,20-21H,18H2,1-2H3,(H,22,23). The lowest BCUT2D eigenvalue weighted by molar-refractivity contribution is -0.138. The Kier molecular flexibility index (Phi) is 5.67. The van der Waals surface area contributed by atoms with Gasteiger partial charge in [0.15, 0.2) is 6.04 Å². The number of hydrogen-bond donors (Lipinski definition) is 4. The van der Waals surface area contributed by atoms with Crippen LogP contribution < -0.4 is 20.6 Å². The van der Waals surface area contributed by atoms with E-state index in [0.29, 0.717) is 28.3 Å². The third kappa shape index (κ3) is 4.31. The monoisotopic (exact) mass is 345 g/mol. The normalized spacial score (nSPS) is 11.9. The minimum absolute atomic E-state index is 0.0773. The Morgan fingerprint density at radius 1 is 1.20 bits per heavy atom. The minimum atomic E-state index is -1.10. The Labute approximate surface area is 144 Å². The molecule has 0 amide bonds. The molecule has 2 rings (SSSR count). The summed E-state index contributed by atoms with van der Waals surface area (Å²) in [4.78, 5) is 11.7. The first-order valence-corrected chi connectivity index (χ1v) is 7.27. The lowest BCUT2D eigenvalue weighted by Gasteiger charge is -2.18. The zero-order valence-electron chi connectivity index (χ0n) is 13.8. The molecule has 8 nitrogen and oxygen atoms in total. The molecule has 1 atom stereocenters. The second kappa shape index (κ2) is 7.91. The summed E-state index contributed by atoms with van der Waals surface area (Å²) < 4.78 is 10.3. The third-order valence-electron chi connectivity index (χ3n) is 3.51. The maximum absolute atomic E-state index is 11.7. The van der Waals surface area contributed by atoms with Gasteiger partial charge >= 0.3 is 5.97 Å². The number of aliphatic carboxylic acids is 1. The number of phenolic OH excluding ortho intramolecular Hbond substituents is 1. The largest absolute Gasteiger partial charge is 0.507 e. The van der Waals surface area contributed by atoms with Crippen LogP contribution >= 0.6 is 0 Å². The molecular weight excluding hydrogens is 326 g/mol. The lowest BCUT2D eigenvalue weighted by atomic mass is 10.1. The smallest absolute Gasteiger partial charge is 0.330 e. The molecule has 0 aliphatic heterocycles. The van der Waals surface area contributed by atoms with Crippen LogP contribution in [0.3, 0.4) is 0 Å². The van der Waals surface area contributed by atoms with Crippen LogP contribution in [0.5, 0.6) is 17.2 Å². The molecule has 0 saturated carbocycles. The molecule has 5 N–H and O–H groups in total. The zero-order chi connectivity index (χ0) is 18.4. The van der Waals surface area contributed by atoms with Gasteiger partial charge in [0.05, 0.1) is 20.4 Å². The van der Waals surface area contributed by atoms with E-state index in [9.17, 15) is 15.0 Å². The van der Waals surface area contributed by atoms with Gasteiger partial charge in [-0.2, -0.15) is 5.10 Å². The van der Waals surface area contributed by atoms with E-state index < -0.39 is 12.0 Å². The van der Waals surface area contributed by atoms with E-state index in [2.05, 4.69) is 10.4 Å². The number of aromatic hydroxyl groups is 1. The molecule has 0 bridgehead atoms. The van der Waals surface area contributed by atoms with Crippen LogP contribution in [0, 0.1) is 0 Å². The van der Waals surface area contributed by atoms with Crippen LogP contribution in [0.15, 0.2) is 41.5 Å². The van der Waals surface area contributed by atoms with Crippen molar-refractivity contribution in [2.45, 2.75) is 6.04 Å². The Balaban J connectivity index is 2.36. The Hall–Kier alpha value is -3.42. The van der Waals surface area contributed by atoms with Crippen molar-refractivity contribution in [3.63, 3.8) is 0 Å². The number of phenols is 1. The molecule has 0 radical (unpaired) electrons. The molecule has 1 unspecified atom stereocenters. The Morgan fingerprint density at radius 2 is 1.84 bits per heavy atom. The van der Waals surface area contributed by atoms with E-state index in [1.165, 1.54) is 26.5 Å². The van der Waals surface area contributed by atoms with Gasteiger partial charge < -0.3 is 30.8 Å². The molecule has 2 aromatic carbocycles. The minimum Gasteiger partial charge on any atom is -0.507 e. The number of nitrogens with two attached hydrogens (primary N) is 1. The highest BCUT2D eigenvalue weighted by atomic mass is 16.5. The first-order valence-electron chi connectivity index (χ1n) is 7.27. The predicted molar refractivity (Wildman–Crippen MR) is 93.4 cm³/mol. The number of carboxylic acids is 1. The van der Waals surface area contributed by atoms with Crippen molar-refractivity contribution in [3.05, 3.63) is 47.5 Å². The number of rotatable bonds is 7. The number of hydrazone groups is 1. The third-order valence-corrected chi connectivity index (χ3v) is 3.51. The fourth-order valence-corrected chi connectivity index (χ4v) is 2.27. The van der Waals surface area contributed by atoms with Crippen LogP contribution in [-0.4, -0.2) is 36.6 Å². The van der Waals surface area contributed by atoms with Gasteiger partial charge in [-0.05, 0) is 29.8 Å². The highest BCUT2D eigenvalue weighted by Crippen LogP contribution is 2.30. The van der Waals surface area contributed by atoms with Crippen molar-refractivity contribution >= 4 is 17.9 Å². The predicted octanol–water partition coefficient (Wildman–Crippen LogP) is 1.94. The van der Waals surface area contributed by atoms with E-state index in [1.54, 1.807) is 30.3 Å². The maximum Gasteiger partial charge on any atom is 0.330 e. The number of carbonyl (C=O) groups is 1. The van der Waals surface area contributed by atoms with Crippen molar-refractivity contribution in [2.75, 3.05) is 19.5 Å². The van der Waals surface area contributed by atoms with Gasteiger partial charge in [-0.25, -0.2) is 4.79 Å². The maximum atomic E-state index is 11.7. The first-order chi connectivity index (χ1) is 12.0. The zero-order valence-corrected chi connectivity index (χ0v) is 13.8. The molecule has 8 heteroatoms. The summed E-state index contributed by atoms with van der Waals surface area (Å²) in [6.45, 7) is 0. The van der Waals surface area contributed by atoms with E-state index in [4.69, 9.17) is 15.3 Å². The van der Waals surface area contributed by atoms with Crippen LogP contribution in [0.4, 0.5) is 5.69 Å². The van der Waals surface area contributed by atoms with Gasteiger partial charge in [-0.1, -0.05) is 0 Å². The number of carboxylic acid groups (broad SMARTS) is 1. The van der Waals surface area contributed by atoms with E-state index in [-0.39, 0.29) is 5.75 Å². The van der Waals surface area contributed by atoms with E-state index in [0.717, 1.165) is 0 Å². The summed E-state index contributed by atoms with van der Waals surface area (Å²) in [5, 5.41) is 25.7. The number of nitrogens with one attached hydrogen (secondary N) is 1. The number of hydrogen-bond acceptors (Lipinski definition) is 7. The summed E-state index contributed by atoms with van der Waals surface area (Å²) in [5.41, 5.74) is 1.28. The number of methoxy groups -OCH3 is 2. The number of anilines is 1. The second-order valence-corrected chi connectivity index (χ2v) is 5.11. The van der Waals surface area contributed by atoms with E-state index in [1.807, 2.05) is 0 Å². The average Bonchev–Trinajstić information content (AvgIpc) is 2.61.